The fraction of sp³-hybridized carbons (Fsp3) is 0.464. The average Bonchev–Trinajstić information content (AvgIpc) is 2.97. The molecule has 0 amide bonds. The molecule has 0 saturated carbocycles. The summed E-state index contributed by atoms with van der Waals surface area (Å²) in [4.78, 5) is 12.8. The Morgan fingerprint density at radius 3 is 2.14 bits per heavy atom. The molecule has 7 N–H and O–H groups in total. The minimum Gasteiger partial charge on any atom is -0.507 e. The first-order valence-corrected chi connectivity index (χ1v) is 13.1. The van der Waals surface area contributed by atoms with Crippen molar-refractivity contribution in [2.24, 2.45) is 0 Å². The Morgan fingerprint density at radius 2 is 1.45 bits per heavy atom. The van der Waals surface area contributed by atoms with Crippen LogP contribution in [0.3, 0.4) is 0 Å². The van der Waals surface area contributed by atoms with E-state index in [0.29, 0.717) is 11.3 Å². The lowest BCUT2D eigenvalue weighted by Gasteiger charge is -2.42. The molecule has 0 spiro atoms. The van der Waals surface area contributed by atoms with Crippen LogP contribution in [0.1, 0.15) is 6.92 Å². The van der Waals surface area contributed by atoms with Crippen LogP contribution in [0.4, 0.5) is 0 Å². The van der Waals surface area contributed by atoms with Crippen molar-refractivity contribution in [3.8, 4) is 28.6 Å². The molecule has 0 aliphatic carbocycles. The lowest BCUT2D eigenvalue weighted by Crippen LogP contribution is -2.61. The van der Waals surface area contributed by atoms with Gasteiger partial charge < -0.3 is 63.8 Å². The van der Waals surface area contributed by atoms with Gasteiger partial charge in [-0.25, -0.2) is 0 Å². The first-order chi connectivity index (χ1) is 20.0. The Hall–Kier alpha value is -3.31. The number of benzene rings is 2. The molecule has 3 aromatic rings. The number of methoxy groups -OCH3 is 1. The molecule has 2 aromatic carbocycles. The lowest BCUT2D eigenvalue weighted by atomic mass is 9.98. The van der Waals surface area contributed by atoms with Crippen molar-refractivity contribution >= 4 is 11.0 Å². The SMILES string of the molecule is COc1ccc(-c2cc(=O)c3c(O)cc(O[C@H]4O[C@@H](CO[C@@H]5O[C@H](C)[C@H](O)[C@@H](O)[C@@H]5O)[C@H](O)[C@@H](O)[C@@H]4O)cc3o2)cc1. The van der Waals surface area contributed by atoms with Gasteiger partial charge in [-0.15, -0.1) is 0 Å². The van der Waals surface area contributed by atoms with Crippen LogP contribution >= 0.6 is 0 Å². The number of ether oxygens (including phenoxy) is 5. The third-order valence-electron chi connectivity index (χ3n) is 7.31. The normalized spacial score (nSPS) is 33.4. The summed E-state index contributed by atoms with van der Waals surface area (Å²) in [5.74, 6) is 0.238. The van der Waals surface area contributed by atoms with Gasteiger partial charge >= 0.3 is 0 Å². The third-order valence-corrected chi connectivity index (χ3v) is 7.31. The summed E-state index contributed by atoms with van der Waals surface area (Å²) >= 11 is 0. The minimum absolute atomic E-state index is 0.0348. The van der Waals surface area contributed by atoms with E-state index in [0.717, 1.165) is 6.07 Å². The quantitative estimate of drug-likeness (QED) is 0.179. The Balaban J connectivity index is 1.35. The van der Waals surface area contributed by atoms with Crippen molar-refractivity contribution in [3.63, 3.8) is 0 Å². The zero-order valence-electron chi connectivity index (χ0n) is 22.5. The Morgan fingerprint density at radius 1 is 0.786 bits per heavy atom. The molecule has 14 nitrogen and oxygen atoms in total. The predicted molar refractivity (Wildman–Crippen MR) is 142 cm³/mol. The minimum atomic E-state index is -1.76. The molecule has 42 heavy (non-hydrogen) atoms. The zero-order valence-corrected chi connectivity index (χ0v) is 22.5. The standard InChI is InChI=1S/C28H32O14/c1-11-21(31)23(33)25(35)27(39-11)38-10-19-22(32)24(34)26(36)28(42-19)40-14-7-15(29)20-16(30)9-17(41-18(20)8-14)12-3-5-13(37-2)6-4-12/h3-9,11,19,21-29,31-36H,10H2,1-2H3/t11-,19+,21+,22+,23-,24-,25+,26+,27-,28+/m1/s1. The summed E-state index contributed by atoms with van der Waals surface area (Å²) in [6, 6.07) is 10.4. The number of hydrogen-bond acceptors (Lipinski definition) is 14. The van der Waals surface area contributed by atoms with Crippen molar-refractivity contribution < 1.29 is 63.8 Å². The van der Waals surface area contributed by atoms with Gasteiger partial charge in [0.25, 0.3) is 0 Å². The summed E-state index contributed by atoms with van der Waals surface area (Å²) in [6.07, 6.45) is -14.8. The van der Waals surface area contributed by atoms with Gasteiger partial charge in [-0.3, -0.25) is 4.79 Å². The Kier molecular flexibility index (Phi) is 8.71. The monoisotopic (exact) mass is 592 g/mol. The molecule has 2 aliphatic heterocycles. The number of phenolic OH excluding ortho intramolecular Hbond substituents is 1. The van der Waals surface area contributed by atoms with Crippen LogP contribution in [0.2, 0.25) is 0 Å². The number of rotatable bonds is 7. The van der Waals surface area contributed by atoms with E-state index in [2.05, 4.69) is 0 Å². The fourth-order valence-corrected chi connectivity index (χ4v) is 4.84. The van der Waals surface area contributed by atoms with E-state index in [-0.39, 0.29) is 22.5 Å². The molecular weight excluding hydrogens is 560 g/mol. The highest BCUT2D eigenvalue weighted by atomic mass is 16.7. The number of fused-ring (bicyclic) bond motifs is 1. The van der Waals surface area contributed by atoms with E-state index >= 15 is 0 Å². The maximum atomic E-state index is 12.8. The van der Waals surface area contributed by atoms with Gasteiger partial charge in [0.05, 0.1) is 19.8 Å². The van der Waals surface area contributed by atoms with E-state index in [1.54, 1.807) is 24.3 Å². The van der Waals surface area contributed by atoms with Crippen molar-refractivity contribution in [2.75, 3.05) is 13.7 Å². The molecule has 1 aromatic heterocycles. The number of aromatic hydroxyl groups is 1. The molecule has 14 heteroatoms. The maximum absolute atomic E-state index is 12.8. The van der Waals surface area contributed by atoms with E-state index < -0.39 is 79.2 Å². The fourth-order valence-electron chi connectivity index (χ4n) is 4.84. The number of hydrogen-bond donors (Lipinski definition) is 7. The van der Waals surface area contributed by atoms with Crippen molar-refractivity contribution in [1.29, 1.82) is 0 Å². The van der Waals surface area contributed by atoms with Gasteiger partial charge in [0.1, 0.15) is 76.7 Å². The van der Waals surface area contributed by atoms with Crippen LogP contribution < -0.4 is 14.9 Å². The highest BCUT2D eigenvalue weighted by Gasteiger charge is 2.47. The second-order valence-corrected chi connectivity index (χ2v) is 10.2. The zero-order chi connectivity index (χ0) is 30.3. The van der Waals surface area contributed by atoms with Crippen molar-refractivity contribution in [1.82, 2.24) is 0 Å². The molecule has 2 saturated heterocycles. The van der Waals surface area contributed by atoms with E-state index in [1.807, 2.05) is 0 Å². The average molecular weight is 593 g/mol. The summed E-state index contributed by atoms with van der Waals surface area (Å²) < 4.78 is 33.2. The molecule has 10 atom stereocenters. The summed E-state index contributed by atoms with van der Waals surface area (Å²) in [7, 11) is 1.52. The van der Waals surface area contributed by atoms with Crippen molar-refractivity contribution in [2.45, 2.75) is 68.3 Å². The van der Waals surface area contributed by atoms with Gasteiger partial charge in [-0.05, 0) is 31.2 Å². The van der Waals surface area contributed by atoms with Crippen LogP contribution in [-0.2, 0) is 14.2 Å². The predicted octanol–water partition coefficient (Wildman–Crippen LogP) is -0.795. The Bertz CT molecular complexity index is 1440. The van der Waals surface area contributed by atoms with E-state index in [1.165, 1.54) is 26.2 Å². The highest BCUT2D eigenvalue weighted by molar-refractivity contribution is 5.86. The van der Waals surface area contributed by atoms with E-state index in [4.69, 9.17) is 28.1 Å². The third kappa shape index (κ3) is 5.81. The number of aliphatic hydroxyl groups excluding tert-OH is 6. The van der Waals surface area contributed by atoms with Crippen LogP contribution in [0.15, 0.2) is 51.7 Å². The van der Waals surface area contributed by atoms with Crippen LogP contribution in [0.5, 0.6) is 17.2 Å². The molecule has 228 valence electrons. The molecule has 5 rings (SSSR count). The van der Waals surface area contributed by atoms with Crippen LogP contribution in [0, 0.1) is 0 Å². The molecule has 3 heterocycles. The van der Waals surface area contributed by atoms with Crippen molar-refractivity contribution in [3.05, 3.63) is 52.7 Å². The summed E-state index contributed by atoms with van der Waals surface area (Å²) in [6.45, 7) is 0.984. The Labute approximate surface area is 238 Å². The topological polar surface area (TPSA) is 218 Å². The number of aliphatic hydroxyl groups is 6. The molecule has 0 unspecified atom stereocenters. The smallest absolute Gasteiger partial charge is 0.229 e. The van der Waals surface area contributed by atoms with Gasteiger partial charge in [0.15, 0.2) is 11.7 Å². The highest BCUT2D eigenvalue weighted by Crippen LogP contribution is 2.34. The van der Waals surface area contributed by atoms with E-state index in [9.17, 15) is 40.5 Å². The second kappa shape index (κ2) is 12.1. The van der Waals surface area contributed by atoms with Gasteiger partial charge in [-0.2, -0.15) is 0 Å². The first kappa shape index (κ1) is 30.2. The first-order valence-electron chi connectivity index (χ1n) is 13.1. The summed E-state index contributed by atoms with van der Waals surface area (Å²) in [5.41, 5.74) is 0.0115. The largest absolute Gasteiger partial charge is 0.507 e. The summed E-state index contributed by atoms with van der Waals surface area (Å²) in [5, 5.41) is 71.9. The van der Waals surface area contributed by atoms with Gasteiger partial charge in [-0.1, -0.05) is 0 Å². The maximum Gasteiger partial charge on any atom is 0.229 e. The molecule has 0 bridgehead atoms. The molecular formula is C28H32O14. The molecule has 0 radical (unpaired) electrons. The van der Waals surface area contributed by atoms with Crippen LogP contribution in [0.25, 0.3) is 22.3 Å². The number of phenols is 1. The van der Waals surface area contributed by atoms with Crippen LogP contribution in [-0.4, -0.2) is 111 Å². The molecule has 2 fully saturated rings. The van der Waals surface area contributed by atoms with Gasteiger partial charge in [0, 0.05) is 23.8 Å². The second-order valence-electron chi connectivity index (χ2n) is 10.2. The lowest BCUT2D eigenvalue weighted by molar-refractivity contribution is -0.318. The van der Waals surface area contributed by atoms with Gasteiger partial charge in [0.2, 0.25) is 6.29 Å². The molecule has 2 aliphatic rings.